The van der Waals surface area contributed by atoms with E-state index in [1.807, 2.05) is 55.5 Å². The van der Waals surface area contributed by atoms with Crippen molar-refractivity contribution in [3.63, 3.8) is 0 Å². The molecule has 0 aromatic heterocycles. The van der Waals surface area contributed by atoms with Crippen LogP contribution >= 0.6 is 0 Å². The molecule has 0 radical (unpaired) electrons. The van der Waals surface area contributed by atoms with Gasteiger partial charge in [-0.3, -0.25) is 4.79 Å². The second-order valence-corrected chi connectivity index (χ2v) is 7.92. The van der Waals surface area contributed by atoms with Crippen molar-refractivity contribution in [2.75, 3.05) is 26.2 Å². The van der Waals surface area contributed by atoms with Crippen molar-refractivity contribution in [1.29, 1.82) is 0 Å². The van der Waals surface area contributed by atoms with Gasteiger partial charge < -0.3 is 19.7 Å². The van der Waals surface area contributed by atoms with E-state index in [0.717, 1.165) is 43.5 Å². The SMILES string of the molecule is CCOC(=O)C1CCN(C[C@H](Cc2ccccc2)NC(=O)OCc2ccccc2)CC1. The molecule has 6 nitrogen and oxygen atoms in total. The van der Waals surface area contributed by atoms with Gasteiger partial charge in [-0.25, -0.2) is 4.79 Å². The molecule has 2 aromatic rings. The number of piperidine rings is 1. The summed E-state index contributed by atoms with van der Waals surface area (Å²) in [7, 11) is 0. The predicted molar refractivity (Wildman–Crippen MR) is 119 cm³/mol. The summed E-state index contributed by atoms with van der Waals surface area (Å²) in [4.78, 5) is 26.8. The van der Waals surface area contributed by atoms with E-state index in [2.05, 4.69) is 22.3 Å². The number of likely N-dealkylation sites (tertiary alicyclic amines) is 1. The van der Waals surface area contributed by atoms with Gasteiger partial charge in [0.05, 0.1) is 12.5 Å². The number of alkyl carbamates (subject to hydrolysis) is 1. The Morgan fingerprint density at radius 2 is 1.58 bits per heavy atom. The quantitative estimate of drug-likeness (QED) is 0.620. The van der Waals surface area contributed by atoms with Gasteiger partial charge in [0.25, 0.3) is 0 Å². The van der Waals surface area contributed by atoms with E-state index < -0.39 is 6.09 Å². The van der Waals surface area contributed by atoms with E-state index in [4.69, 9.17) is 9.47 Å². The van der Waals surface area contributed by atoms with E-state index in [1.165, 1.54) is 0 Å². The molecular weight excluding hydrogens is 392 g/mol. The molecule has 3 rings (SSSR count). The van der Waals surface area contributed by atoms with E-state index in [0.29, 0.717) is 13.2 Å². The minimum Gasteiger partial charge on any atom is -0.466 e. The van der Waals surface area contributed by atoms with E-state index in [-0.39, 0.29) is 24.5 Å². The van der Waals surface area contributed by atoms with Crippen LogP contribution in [0, 0.1) is 5.92 Å². The molecule has 166 valence electrons. The molecule has 0 aliphatic carbocycles. The molecule has 1 saturated heterocycles. The molecule has 1 N–H and O–H groups in total. The highest BCUT2D eigenvalue weighted by molar-refractivity contribution is 5.72. The van der Waals surface area contributed by atoms with Crippen LogP contribution in [0.2, 0.25) is 0 Å². The molecular formula is C25H32N2O4. The normalized spacial score (nSPS) is 15.8. The highest BCUT2D eigenvalue weighted by Crippen LogP contribution is 2.19. The zero-order valence-corrected chi connectivity index (χ0v) is 18.2. The third-order valence-corrected chi connectivity index (χ3v) is 5.55. The van der Waals surface area contributed by atoms with Gasteiger partial charge in [-0.2, -0.15) is 0 Å². The summed E-state index contributed by atoms with van der Waals surface area (Å²) < 4.78 is 10.6. The summed E-state index contributed by atoms with van der Waals surface area (Å²) in [5.41, 5.74) is 2.12. The van der Waals surface area contributed by atoms with Crippen LogP contribution in [0.1, 0.15) is 30.9 Å². The maximum atomic E-state index is 12.5. The van der Waals surface area contributed by atoms with Crippen molar-refractivity contribution in [2.45, 2.75) is 38.8 Å². The molecule has 1 heterocycles. The first-order chi connectivity index (χ1) is 15.1. The number of benzene rings is 2. The standard InChI is InChI=1S/C25H32N2O4/c1-2-30-24(28)22-13-15-27(16-14-22)18-23(17-20-9-5-3-6-10-20)26-25(29)31-19-21-11-7-4-8-12-21/h3-12,22-23H,2,13-19H2,1H3,(H,26,29)/t23-/m0/s1. The Labute approximate surface area is 184 Å². The number of rotatable bonds is 9. The fourth-order valence-corrected chi connectivity index (χ4v) is 3.91. The van der Waals surface area contributed by atoms with Crippen LogP contribution in [-0.2, 0) is 27.3 Å². The minimum atomic E-state index is -0.411. The van der Waals surface area contributed by atoms with Crippen LogP contribution in [0.3, 0.4) is 0 Å². The number of carbonyl (C=O) groups is 2. The first kappa shape index (κ1) is 22.8. The second kappa shape index (κ2) is 12.1. The number of nitrogens with zero attached hydrogens (tertiary/aromatic N) is 1. The number of nitrogens with one attached hydrogen (secondary N) is 1. The highest BCUT2D eigenvalue weighted by atomic mass is 16.5. The van der Waals surface area contributed by atoms with Crippen LogP contribution < -0.4 is 5.32 Å². The summed E-state index contributed by atoms with van der Waals surface area (Å²) in [6, 6.07) is 19.7. The van der Waals surface area contributed by atoms with Crippen molar-refractivity contribution in [3.05, 3.63) is 71.8 Å². The molecule has 1 aliphatic heterocycles. The summed E-state index contributed by atoms with van der Waals surface area (Å²) >= 11 is 0. The number of ether oxygens (including phenoxy) is 2. The number of amides is 1. The minimum absolute atomic E-state index is 0.0208. The third-order valence-electron chi connectivity index (χ3n) is 5.55. The van der Waals surface area contributed by atoms with Crippen molar-refractivity contribution in [2.24, 2.45) is 5.92 Å². The van der Waals surface area contributed by atoms with Gasteiger partial charge in [0.1, 0.15) is 6.61 Å². The molecule has 1 amide bonds. The number of hydrogen-bond acceptors (Lipinski definition) is 5. The molecule has 0 bridgehead atoms. The highest BCUT2D eigenvalue weighted by Gasteiger charge is 2.27. The maximum Gasteiger partial charge on any atom is 0.407 e. The average molecular weight is 425 g/mol. The summed E-state index contributed by atoms with van der Waals surface area (Å²) in [5, 5.41) is 3.04. The topological polar surface area (TPSA) is 67.9 Å². The van der Waals surface area contributed by atoms with Crippen LogP contribution in [0.15, 0.2) is 60.7 Å². The van der Waals surface area contributed by atoms with Gasteiger partial charge in [0, 0.05) is 12.6 Å². The lowest BCUT2D eigenvalue weighted by Gasteiger charge is -2.33. The Bertz CT molecular complexity index is 805. The zero-order chi connectivity index (χ0) is 21.9. The lowest BCUT2D eigenvalue weighted by atomic mass is 9.96. The molecule has 2 aromatic carbocycles. The van der Waals surface area contributed by atoms with Gasteiger partial charge in [0.2, 0.25) is 0 Å². The maximum absolute atomic E-state index is 12.5. The van der Waals surface area contributed by atoms with Gasteiger partial charge in [-0.15, -0.1) is 0 Å². The first-order valence-electron chi connectivity index (χ1n) is 11.0. The Morgan fingerprint density at radius 1 is 0.968 bits per heavy atom. The molecule has 0 spiro atoms. The average Bonchev–Trinajstić information content (AvgIpc) is 2.80. The Kier molecular flexibility index (Phi) is 8.91. The molecule has 1 fully saturated rings. The van der Waals surface area contributed by atoms with Crippen molar-refractivity contribution < 1.29 is 19.1 Å². The lowest BCUT2D eigenvalue weighted by molar-refractivity contribution is -0.149. The molecule has 1 aliphatic rings. The van der Waals surface area contributed by atoms with Crippen molar-refractivity contribution in [1.82, 2.24) is 10.2 Å². The fourth-order valence-electron chi connectivity index (χ4n) is 3.91. The van der Waals surface area contributed by atoms with Gasteiger partial charge in [-0.05, 0) is 50.4 Å². The molecule has 1 atom stereocenters. The smallest absolute Gasteiger partial charge is 0.407 e. The summed E-state index contributed by atoms with van der Waals surface area (Å²) in [6.45, 7) is 4.85. The van der Waals surface area contributed by atoms with Crippen molar-refractivity contribution in [3.8, 4) is 0 Å². The van der Waals surface area contributed by atoms with E-state index in [1.54, 1.807) is 0 Å². The molecule has 0 unspecified atom stereocenters. The van der Waals surface area contributed by atoms with Gasteiger partial charge in [0.15, 0.2) is 0 Å². The number of hydrogen-bond donors (Lipinski definition) is 1. The van der Waals surface area contributed by atoms with Gasteiger partial charge in [-0.1, -0.05) is 60.7 Å². The number of esters is 1. The fraction of sp³-hybridized carbons (Fsp3) is 0.440. The molecule has 6 heteroatoms. The van der Waals surface area contributed by atoms with Gasteiger partial charge >= 0.3 is 12.1 Å². The van der Waals surface area contributed by atoms with Crippen LogP contribution in [-0.4, -0.2) is 49.2 Å². The van der Waals surface area contributed by atoms with Crippen LogP contribution in [0.4, 0.5) is 4.79 Å². The Balaban J connectivity index is 1.54. The lowest BCUT2D eigenvalue weighted by Crippen LogP contribution is -2.48. The second-order valence-electron chi connectivity index (χ2n) is 7.92. The largest absolute Gasteiger partial charge is 0.466 e. The molecule has 0 saturated carbocycles. The molecule has 31 heavy (non-hydrogen) atoms. The summed E-state index contributed by atoms with van der Waals surface area (Å²) in [6.07, 6.45) is 1.88. The predicted octanol–water partition coefficient (Wildman–Crippen LogP) is 3.80. The third kappa shape index (κ3) is 7.72. The first-order valence-corrected chi connectivity index (χ1v) is 11.0. The Hall–Kier alpha value is -2.86. The Morgan fingerprint density at radius 3 is 2.19 bits per heavy atom. The number of carbonyl (C=O) groups excluding carboxylic acids is 2. The van der Waals surface area contributed by atoms with Crippen molar-refractivity contribution >= 4 is 12.1 Å². The van der Waals surface area contributed by atoms with E-state index in [9.17, 15) is 9.59 Å². The van der Waals surface area contributed by atoms with Crippen LogP contribution in [0.25, 0.3) is 0 Å². The van der Waals surface area contributed by atoms with Crippen LogP contribution in [0.5, 0.6) is 0 Å². The zero-order valence-electron chi connectivity index (χ0n) is 18.2. The summed E-state index contributed by atoms with van der Waals surface area (Å²) in [5.74, 6) is -0.113. The van der Waals surface area contributed by atoms with E-state index >= 15 is 0 Å². The monoisotopic (exact) mass is 424 g/mol.